The molecule has 39 heavy (non-hydrogen) atoms. The summed E-state index contributed by atoms with van der Waals surface area (Å²) >= 11 is 0. The molecular weight excluding hydrogens is 486 g/mol. The number of nitrogens with zero attached hydrogens (tertiary/aromatic N) is 5. The van der Waals surface area contributed by atoms with Crippen LogP contribution in [0.4, 0.5) is 11.4 Å². The molecule has 4 heterocycles. The number of benzene rings is 2. The summed E-state index contributed by atoms with van der Waals surface area (Å²) in [5.74, 6) is 1.50. The van der Waals surface area contributed by atoms with Gasteiger partial charge in [-0.2, -0.15) is 5.10 Å². The number of hydrogen-bond acceptors (Lipinski definition) is 7. The van der Waals surface area contributed by atoms with Crippen LogP contribution in [0, 0.1) is 5.92 Å². The van der Waals surface area contributed by atoms with E-state index < -0.39 is 0 Å². The normalized spacial score (nSPS) is 19.4. The van der Waals surface area contributed by atoms with Gasteiger partial charge >= 0.3 is 0 Å². The lowest BCUT2D eigenvalue weighted by Crippen LogP contribution is -2.22. The molecule has 2 aromatic heterocycles. The van der Waals surface area contributed by atoms with Crippen LogP contribution in [0.2, 0.25) is 0 Å². The van der Waals surface area contributed by atoms with Gasteiger partial charge in [0, 0.05) is 53.4 Å². The van der Waals surface area contributed by atoms with E-state index in [2.05, 4.69) is 28.2 Å². The number of rotatable bonds is 8. The number of aliphatic imine (C=N–C) groups is 2. The van der Waals surface area contributed by atoms with E-state index in [4.69, 9.17) is 20.6 Å². The van der Waals surface area contributed by atoms with Gasteiger partial charge in [0.2, 0.25) is 5.96 Å². The Bertz CT molecular complexity index is 1500. The number of nitrogen functional groups attached to an aromatic ring is 1. The van der Waals surface area contributed by atoms with Gasteiger partial charge in [-0.25, -0.2) is 14.5 Å². The second kappa shape index (κ2) is 11.3. The molecule has 0 spiro atoms. The summed E-state index contributed by atoms with van der Waals surface area (Å²) in [7, 11) is 0. The van der Waals surface area contributed by atoms with Crippen LogP contribution in [-0.4, -0.2) is 52.9 Å². The molecule has 0 saturated carbocycles. The minimum Gasteiger partial charge on any atom is -0.493 e. The van der Waals surface area contributed by atoms with Crippen molar-refractivity contribution in [1.29, 1.82) is 0 Å². The molecule has 0 amide bonds. The molecule has 1 fully saturated rings. The van der Waals surface area contributed by atoms with E-state index in [1.807, 2.05) is 77.6 Å². The largest absolute Gasteiger partial charge is 0.493 e. The molecule has 0 aliphatic carbocycles. The fraction of sp³-hybridized carbons (Fsp3) is 0.323. The summed E-state index contributed by atoms with van der Waals surface area (Å²) < 4.78 is 7.97. The molecule has 2 unspecified atom stereocenters. The Kier molecular flexibility index (Phi) is 7.27. The van der Waals surface area contributed by atoms with Gasteiger partial charge in [-0.15, -0.1) is 0 Å². The van der Waals surface area contributed by atoms with Crippen molar-refractivity contribution in [3.05, 3.63) is 78.5 Å². The smallest absolute Gasteiger partial charge is 0.222 e. The molecule has 8 heteroatoms. The van der Waals surface area contributed by atoms with Gasteiger partial charge in [0.1, 0.15) is 5.75 Å². The van der Waals surface area contributed by atoms with Gasteiger partial charge in [-0.05, 0) is 68.8 Å². The molecule has 6 rings (SSSR count). The van der Waals surface area contributed by atoms with E-state index in [1.54, 1.807) is 0 Å². The van der Waals surface area contributed by atoms with Gasteiger partial charge < -0.3 is 20.7 Å². The second-order valence-electron chi connectivity index (χ2n) is 10.4. The maximum Gasteiger partial charge on any atom is 0.222 e. The van der Waals surface area contributed by atoms with Crippen molar-refractivity contribution in [3.63, 3.8) is 0 Å². The van der Waals surface area contributed by atoms with Gasteiger partial charge in [0.15, 0.2) is 0 Å². The fourth-order valence-electron chi connectivity index (χ4n) is 5.43. The number of nitrogens with one attached hydrogen (secondary N) is 1. The lowest BCUT2D eigenvalue weighted by atomic mass is 9.91. The van der Waals surface area contributed by atoms with Crippen LogP contribution in [0.3, 0.4) is 0 Å². The zero-order valence-electron chi connectivity index (χ0n) is 22.3. The number of likely N-dealkylation sites (tertiary alicyclic amines) is 1. The average molecular weight is 522 g/mol. The van der Waals surface area contributed by atoms with Crippen LogP contribution >= 0.6 is 0 Å². The van der Waals surface area contributed by atoms with E-state index in [9.17, 15) is 0 Å². The molecular formula is C31H35N7O. The molecule has 2 aromatic carbocycles. The third-order valence-electron chi connectivity index (χ3n) is 7.40. The minimum absolute atomic E-state index is 0.0915. The van der Waals surface area contributed by atoms with Gasteiger partial charge in [-0.3, -0.25) is 0 Å². The lowest BCUT2D eigenvalue weighted by molar-refractivity contribution is 0.263. The standard InChI is InChI=1S/C31H35N7O/c1-22-21-33-31(34-25-11-7-12-26(20-25)39-18-8-16-37-14-4-5-15-37)35-29(22)28-27-13-2-3-17-38(27)36-30(28)23-9-6-10-24(32)19-23/h2-3,6-7,9-13,17,19-22,29H,4-5,8,14-16,18,32H2,1H3,(H,34,35). The van der Waals surface area contributed by atoms with E-state index in [-0.39, 0.29) is 12.0 Å². The summed E-state index contributed by atoms with van der Waals surface area (Å²) in [6, 6.07) is 21.8. The van der Waals surface area contributed by atoms with Gasteiger partial charge in [-0.1, -0.05) is 31.2 Å². The maximum absolute atomic E-state index is 6.13. The number of guanidine groups is 1. The second-order valence-corrected chi connectivity index (χ2v) is 10.4. The van der Waals surface area contributed by atoms with Crippen LogP contribution in [0.1, 0.15) is 37.8 Å². The van der Waals surface area contributed by atoms with Crippen molar-refractivity contribution < 1.29 is 4.74 Å². The Morgan fingerprint density at radius 1 is 1.03 bits per heavy atom. The highest BCUT2D eigenvalue weighted by Gasteiger charge is 2.29. The van der Waals surface area contributed by atoms with Gasteiger partial charge in [0.25, 0.3) is 0 Å². The summed E-state index contributed by atoms with van der Waals surface area (Å²) in [6.07, 6.45) is 7.60. The monoisotopic (exact) mass is 521 g/mol. The maximum atomic E-state index is 6.13. The number of hydrogen-bond donors (Lipinski definition) is 2. The molecule has 2 aliphatic rings. The first-order valence-corrected chi connectivity index (χ1v) is 13.8. The molecule has 3 N–H and O–H groups in total. The topological polar surface area (TPSA) is 92.5 Å². The summed E-state index contributed by atoms with van der Waals surface area (Å²) in [4.78, 5) is 12.2. The summed E-state index contributed by atoms with van der Waals surface area (Å²) in [6.45, 7) is 6.39. The number of anilines is 2. The van der Waals surface area contributed by atoms with E-state index >= 15 is 0 Å². The predicted molar refractivity (Wildman–Crippen MR) is 159 cm³/mol. The van der Waals surface area contributed by atoms with Crippen molar-refractivity contribution in [3.8, 4) is 17.0 Å². The van der Waals surface area contributed by atoms with Crippen LogP contribution in [-0.2, 0) is 0 Å². The third kappa shape index (κ3) is 5.66. The highest BCUT2D eigenvalue weighted by molar-refractivity contribution is 6.00. The zero-order valence-corrected chi connectivity index (χ0v) is 22.3. The molecule has 0 radical (unpaired) electrons. The Labute approximate surface area is 229 Å². The molecule has 1 saturated heterocycles. The minimum atomic E-state index is -0.161. The van der Waals surface area contributed by atoms with Crippen molar-refractivity contribution in [2.24, 2.45) is 15.9 Å². The molecule has 200 valence electrons. The summed E-state index contributed by atoms with van der Waals surface area (Å²) in [5.41, 5.74) is 11.7. The molecule has 2 atom stereocenters. The van der Waals surface area contributed by atoms with E-state index in [0.29, 0.717) is 18.3 Å². The Morgan fingerprint density at radius 3 is 2.77 bits per heavy atom. The van der Waals surface area contributed by atoms with Gasteiger partial charge in [0.05, 0.1) is 23.9 Å². The number of pyridine rings is 1. The average Bonchev–Trinajstić information content (AvgIpc) is 3.61. The zero-order chi connectivity index (χ0) is 26.6. The fourth-order valence-corrected chi connectivity index (χ4v) is 5.43. The van der Waals surface area contributed by atoms with E-state index in [0.717, 1.165) is 46.7 Å². The van der Waals surface area contributed by atoms with Crippen LogP contribution < -0.4 is 15.8 Å². The SMILES string of the molecule is CC1C=NC(Nc2cccc(OCCCN3CCCC3)c2)=NC1c1c(-c2cccc(N)c2)nn2ccccc12. The highest BCUT2D eigenvalue weighted by Crippen LogP contribution is 2.38. The number of ether oxygens (including phenoxy) is 1. The first kappa shape index (κ1) is 25.1. The summed E-state index contributed by atoms with van der Waals surface area (Å²) in [5, 5.41) is 8.32. The number of aromatic nitrogens is 2. The van der Waals surface area contributed by atoms with E-state index in [1.165, 1.54) is 25.9 Å². The number of fused-ring (bicyclic) bond motifs is 1. The lowest BCUT2D eigenvalue weighted by Gasteiger charge is -2.23. The van der Waals surface area contributed by atoms with Crippen LogP contribution in [0.5, 0.6) is 5.75 Å². The first-order chi connectivity index (χ1) is 19.1. The highest BCUT2D eigenvalue weighted by atomic mass is 16.5. The molecule has 2 aliphatic heterocycles. The molecule has 4 aromatic rings. The van der Waals surface area contributed by atoms with Crippen molar-refractivity contribution >= 4 is 29.1 Å². The van der Waals surface area contributed by atoms with Crippen LogP contribution in [0.15, 0.2) is 82.9 Å². The van der Waals surface area contributed by atoms with Crippen molar-refractivity contribution in [1.82, 2.24) is 14.5 Å². The molecule has 8 nitrogen and oxygen atoms in total. The molecule has 0 bridgehead atoms. The Hall–Kier alpha value is -4.17. The van der Waals surface area contributed by atoms with Crippen LogP contribution in [0.25, 0.3) is 16.8 Å². The third-order valence-corrected chi connectivity index (χ3v) is 7.40. The quantitative estimate of drug-likeness (QED) is 0.230. The Balaban J connectivity index is 1.22. The predicted octanol–water partition coefficient (Wildman–Crippen LogP) is 5.68. The first-order valence-electron chi connectivity index (χ1n) is 13.8. The van der Waals surface area contributed by atoms with Crippen molar-refractivity contribution in [2.45, 2.75) is 32.2 Å². The number of nitrogens with two attached hydrogens (primary N) is 1. The van der Waals surface area contributed by atoms with Crippen molar-refractivity contribution in [2.75, 3.05) is 37.3 Å². The Morgan fingerprint density at radius 2 is 1.90 bits per heavy atom.